The lowest BCUT2D eigenvalue weighted by molar-refractivity contribution is -0.757. The summed E-state index contributed by atoms with van der Waals surface area (Å²) in [5.41, 5.74) is -2.44. The number of ketones is 2. The maximum absolute atomic E-state index is 14.1. The second-order valence-electron chi connectivity index (χ2n) is 13.6. The summed E-state index contributed by atoms with van der Waals surface area (Å²) in [4.78, 5) is 93.1. The quantitative estimate of drug-likeness (QED) is 0.0729. The molecule has 17 nitrogen and oxygen atoms in total. The van der Waals surface area contributed by atoms with Crippen LogP contribution in [0.1, 0.15) is 78.1 Å². The second kappa shape index (κ2) is 15.4. The van der Waals surface area contributed by atoms with Crippen molar-refractivity contribution in [3.63, 3.8) is 0 Å². The molecule has 0 bridgehead atoms. The van der Waals surface area contributed by atoms with Crippen molar-refractivity contribution in [3.8, 4) is 0 Å². The van der Waals surface area contributed by atoms with Crippen molar-refractivity contribution < 1.29 is 58.4 Å². The molecular weight excluding hydrogens is 650 g/mol. The van der Waals surface area contributed by atoms with Gasteiger partial charge >= 0.3 is 11.9 Å². The van der Waals surface area contributed by atoms with Gasteiger partial charge in [-0.1, -0.05) is 31.6 Å². The van der Waals surface area contributed by atoms with Crippen molar-refractivity contribution in [2.75, 3.05) is 26.4 Å². The molecule has 4 aliphatic rings. The Morgan fingerprint density at radius 2 is 1.69 bits per heavy atom. The second-order valence-corrected chi connectivity index (χ2v) is 13.6. The lowest BCUT2D eigenvalue weighted by Gasteiger charge is -2.59. The third-order valence-electron chi connectivity index (χ3n) is 10.8. The third kappa shape index (κ3) is 8.08. The van der Waals surface area contributed by atoms with Gasteiger partial charge in [0.25, 0.3) is 10.2 Å². The van der Waals surface area contributed by atoms with E-state index in [1.807, 2.05) is 19.1 Å². The average Bonchev–Trinajstić information content (AvgIpc) is 3.32. The Bertz CT molecular complexity index is 1410. The van der Waals surface area contributed by atoms with Crippen LogP contribution in [0.5, 0.6) is 0 Å². The predicted octanol–water partition coefficient (Wildman–Crippen LogP) is 2.14. The third-order valence-corrected chi connectivity index (χ3v) is 10.8. The molecule has 2 saturated carbocycles. The van der Waals surface area contributed by atoms with Crippen LogP contribution in [-0.4, -0.2) is 82.8 Å². The zero-order chi connectivity index (χ0) is 36.0. The number of nitrogens with zero attached hydrogens (tertiary/aromatic N) is 2. The van der Waals surface area contributed by atoms with Crippen molar-refractivity contribution >= 4 is 29.4 Å². The van der Waals surface area contributed by atoms with Crippen LogP contribution in [0, 0.1) is 48.8 Å². The van der Waals surface area contributed by atoms with Gasteiger partial charge in [-0.2, -0.15) is 0 Å². The fourth-order valence-electron chi connectivity index (χ4n) is 8.61. The Labute approximate surface area is 281 Å². The lowest BCUT2D eigenvalue weighted by Crippen LogP contribution is -2.62. The number of nitrogens with one attached hydrogen (secondary N) is 1. The minimum Gasteiger partial charge on any atom is -0.457 e. The summed E-state index contributed by atoms with van der Waals surface area (Å²) in [6.45, 7) is 2.37. The molecule has 0 aliphatic heterocycles. The van der Waals surface area contributed by atoms with Gasteiger partial charge in [-0.05, 0) is 56.4 Å². The molecule has 2 unspecified atom stereocenters. The number of hydrogen-bond acceptors (Lipinski definition) is 14. The highest BCUT2D eigenvalue weighted by Crippen LogP contribution is 2.67. The molecule has 2 fully saturated rings. The molecule has 1 amide bonds. The van der Waals surface area contributed by atoms with E-state index in [9.17, 15) is 49.3 Å². The molecule has 7 atom stereocenters. The first-order chi connectivity index (χ1) is 23.1. The molecule has 17 heteroatoms. The van der Waals surface area contributed by atoms with E-state index >= 15 is 0 Å². The van der Waals surface area contributed by atoms with Crippen molar-refractivity contribution in [3.05, 3.63) is 44.0 Å². The van der Waals surface area contributed by atoms with Crippen LogP contribution >= 0.6 is 0 Å². The molecule has 4 aliphatic carbocycles. The molecule has 0 radical (unpaired) electrons. The van der Waals surface area contributed by atoms with Crippen LogP contribution in [-0.2, 0) is 43.1 Å². The van der Waals surface area contributed by atoms with Crippen LogP contribution in [0.3, 0.4) is 0 Å². The number of aliphatic hydroxyl groups excluding tert-OH is 1. The SMILES string of the molecule is C[C@]12C=CC(=O)CC1=CCC1C3CC[C@](OC(=O)CCCO[N+](=O)[O-])(C(=O)COC(=O)CCNC(=O)CCCO[N+](=O)[O-])[C@@]3(C)C[C@H](O)[C@@H]12. The largest absolute Gasteiger partial charge is 0.457 e. The molecule has 0 spiro atoms. The highest BCUT2D eigenvalue weighted by Gasteiger charge is 2.70. The fraction of sp³-hybridized carbons (Fsp3) is 0.719. The first-order valence-electron chi connectivity index (χ1n) is 16.4. The molecule has 2 N–H and O–H groups in total. The van der Waals surface area contributed by atoms with E-state index in [-0.39, 0.29) is 94.7 Å². The Hall–Kier alpha value is -4.41. The van der Waals surface area contributed by atoms with E-state index in [0.717, 1.165) is 5.57 Å². The van der Waals surface area contributed by atoms with Crippen LogP contribution in [0.4, 0.5) is 0 Å². The van der Waals surface area contributed by atoms with E-state index in [1.54, 1.807) is 13.0 Å². The standard InChI is InChI=1S/C32H43N3O14/c1-30-12-9-21(36)17-20(30)7-8-22-23-10-13-32(31(23,2)18-24(37)29(22)30,49-28(41)6-4-16-48-35(44)45)25(38)19-46-27(40)11-14-33-26(39)5-3-15-47-34(42)43/h7,9,12,22-24,29,37H,3-6,8,10-11,13-19H2,1-2H3,(H,33,39)/t22?,23?,24-,29+,30-,31-,32-/m0/s1. The number of amides is 1. The van der Waals surface area contributed by atoms with E-state index in [0.29, 0.717) is 12.8 Å². The molecule has 4 rings (SSSR count). The fourth-order valence-corrected chi connectivity index (χ4v) is 8.61. The van der Waals surface area contributed by atoms with Gasteiger partial charge in [0.2, 0.25) is 11.7 Å². The molecule has 0 heterocycles. The van der Waals surface area contributed by atoms with Gasteiger partial charge in [-0.15, -0.1) is 20.2 Å². The highest BCUT2D eigenvalue weighted by atomic mass is 17.0. The number of carbonyl (C=O) groups is 5. The Balaban J connectivity index is 1.46. The van der Waals surface area contributed by atoms with Crippen LogP contribution < -0.4 is 5.32 Å². The number of carbonyl (C=O) groups excluding carboxylic acids is 5. The molecule has 270 valence electrons. The van der Waals surface area contributed by atoms with E-state index in [1.165, 1.54) is 0 Å². The number of fused-ring (bicyclic) bond motifs is 5. The number of allylic oxidation sites excluding steroid dienone is 4. The van der Waals surface area contributed by atoms with Gasteiger partial charge in [0.15, 0.2) is 18.0 Å². The molecule has 0 aromatic carbocycles. The number of rotatable bonds is 17. The summed E-state index contributed by atoms with van der Waals surface area (Å²) in [7, 11) is 0. The number of hydrogen-bond donors (Lipinski definition) is 2. The average molecular weight is 694 g/mol. The van der Waals surface area contributed by atoms with Crippen LogP contribution in [0.15, 0.2) is 23.8 Å². The summed E-state index contributed by atoms with van der Waals surface area (Å²) in [6.07, 6.45) is 5.49. The zero-order valence-corrected chi connectivity index (χ0v) is 27.6. The Morgan fingerprint density at radius 3 is 2.37 bits per heavy atom. The molecule has 0 aromatic rings. The lowest BCUT2D eigenvalue weighted by atomic mass is 9.47. The van der Waals surface area contributed by atoms with Crippen molar-refractivity contribution in [1.82, 2.24) is 5.32 Å². The Morgan fingerprint density at radius 1 is 1.02 bits per heavy atom. The molecule has 0 saturated heterocycles. The Kier molecular flexibility index (Phi) is 11.8. The molecular formula is C32H43N3O14. The number of aliphatic hydroxyl groups is 1. The van der Waals surface area contributed by atoms with Gasteiger partial charge in [-0.3, -0.25) is 24.0 Å². The summed E-state index contributed by atoms with van der Waals surface area (Å²) >= 11 is 0. The van der Waals surface area contributed by atoms with Crippen LogP contribution in [0.25, 0.3) is 0 Å². The minimum absolute atomic E-state index is 0.00413. The normalized spacial score (nSPS) is 31.2. The van der Waals surface area contributed by atoms with E-state index in [4.69, 9.17) is 9.47 Å². The summed E-state index contributed by atoms with van der Waals surface area (Å²) in [6, 6.07) is 0. The predicted molar refractivity (Wildman–Crippen MR) is 165 cm³/mol. The van der Waals surface area contributed by atoms with E-state index < -0.39 is 62.9 Å². The summed E-state index contributed by atoms with van der Waals surface area (Å²) in [5, 5.41) is 33.0. The smallest absolute Gasteiger partial charge is 0.308 e. The monoisotopic (exact) mass is 693 g/mol. The first-order valence-corrected chi connectivity index (χ1v) is 16.4. The van der Waals surface area contributed by atoms with Gasteiger partial charge in [0.05, 0.1) is 25.7 Å². The van der Waals surface area contributed by atoms with Gasteiger partial charge < -0.3 is 29.6 Å². The van der Waals surface area contributed by atoms with Crippen molar-refractivity contribution in [1.29, 1.82) is 0 Å². The molecule has 49 heavy (non-hydrogen) atoms. The van der Waals surface area contributed by atoms with Crippen molar-refractivity contribution in [2.24, 2.45) is 28.6 Å². The number of ether oxygens (including phenoxy) is 2. The van der Waals surface area contributed by atoms with E-state index in [2.05, 4.69) is 15.0 Å². The summed E-state index contributed by atoms with van der Waals surface area (Å²) in [5.74, 6) is -3.26. The van der Waals surface area contributed by atoms with Crippen LogP contribution in [0.2, 0.25) is 0 Å². The topological polar surface area (TPSA) is 241 Å². The van der Waals surface area contributed by atoms with Gasteiger partial charge in [0.1, 0.15) is 0 Å². The number of Topliss-reactive ketones (excluding diaryl/α,β-unsaturated/α-hetero) is 1. The number of esters is 2. The van der Waals surface area contributed by atoms with Gasteiger partial charge in [0, 0.05) is 42.6 Å². The first kappa shape index (κ1) is 37.4. The maximum Gasteiger partial charge on any atom is 0.308 e. The zero-order valence-electron chi connectivity index (χ0n) is 27.6. The highest BCUT2D eigenvalue weighted by molar-refractivity contribution is 5.94. The van der Waals surface area contributed by atoms with Gasteiger partial charge in [-0.25, -0.2) is 0 Å². The van der Waals surface area contributed by atoms with Crippen molar-refractivity contribution in [2.45, 2.75) is 89.8 Å². The molecule has 0 aromatic heterocycles. The summed E-state index contributed by atoms with van der Waals surface area (Å²) < 4.78 is 11.3. The maximum atomic E-state index is 14.1. The minimum atomic E-state index is -1.77.